The van der Waals surface area contributed by atoms with Gasteiger partial charge in [0.15, 0.2) is 0 Å². The first-order valence-electron chi connectivity index (χ1n) is 11.0. The monoisotopic (exact) mass is 478 g/mol. The normalized spacial score (nSPS) is 14.4. The van der Waals surface area contributed by atoms with Gasteiger partial charge in [-0.2, -0.15) is 0 Å². The number of fused-ring (bicyclic) bond motifs is 1. The highest BCUT2D eigenvalue weighted by Crippen LogP contribution is 2.28. The number of carbonyl (C=O) groups excluding carboxylic acids is 1. The Balaban J connectivity index is 1.41. The van der Waals surface area contributed by atoms with Crippen molar-refractivity contribution in [3.05, 3.63) is 76.1 Å². The Kier molecular flexibility index (Phi) is 6.02. The van der Waals surface area contributed by atoms with Crippen molar-refractivity contribution in [3.8, 4) is 11.4 Å². The number of rotatable bonds is 5. The molecule has 0 saturated carbocycles. The third kappa shape index (κ3) is 4.26. The van der Waals surface area contributed by atoms with E-state index in [1.165, 1.54) is 23.5 Å². The molecule has 1 fully saturated rings. The summed E-state index contributed by atoms with van der Waals surface area (Å²) in [5.41, 5.74) is 1.65. The van der Waals surface area contributed by atoms with Crippen molar-refractivity contribution in [2.75, 3.05) is 30.4 Å². The molecule has 0 spiro atoms. The summed E-state index contributed by atoms with van der Waals surface area (Å²) in [7, 11) is 1.59. The first-order chi connectivity index (χ1) is 16.5. The van der Waals surface area contributed by atoms with Crippen molar-refractivity contribution in [2.24, 2.45) is 5.92 Å². The number of hydrogen-bond acceptors (Lipinski definition) is 6. The molecule has 9 heteroatoms. The molecule has 34 heavy (non-hydrogen) atoms. The van der Waals surface area contributed by atoms with E-state index < -0.39 is 5.82 Å². The lowest BCUT2D eigenvalue weighted by molar-refractivity contribution is -0.120. The second kappa shape index (κ2) is 9.26. The van der Waals surface area contributed by atoms with Crippen LogP contribution in [0.2, 0.25) is 0 Å². The highest BCUT2D eigenvalue weighted by molar-refractivity contribution is 7.17. The molecule has 0 bridgehead atoms. The van der Waals surface area contributed by atoms with Crippen LogP contribution in [0.1, 0.15) is 12.8 Å². The summed E-state index contributed by atoms with van der Waals surface area (Å²) in [5, 5.41) is 4.67. The minimum atomic E-state index is -0.391. The Morgan fingerprint density at radius 1 is 1.15 bits per heavy atom. The lowest BCUT2D eigenvalue weighted by Gasteiger charge is -2.33. The maximum atomic E-state index is 13.4. The molecule has 174 valence electrons. The number of aromatic nitrogens is 2. The highest BCUT2D eigenvalue weighted by Gasteiger charge is 2.28. The number of ether oxygens (including phenoxy) is 1. The standard InChI is InChI=1S/C25H23FN4O3S/c1-33-20-7-3-6-19(15-20)30-24(32)22-21(10-13-34-22)28-25(30)29-11-8-16(9-12-29)23(31)27-18-5-2-4-17(26)14-18/h2-7,10,13-16H,8-9,11-12H2,1H3,(H,27,31). The molecule has 1 N–H and O–H groups in total. The Bertz CT molecular complexity index is 1410. The van der Waals surface area contributed by atoms with E-state index in [1.54, 1.807) is 23.8 Å². The fraction of sp³-hybridized carbons (Fsp3) is 0.240. The summed E-state index contributed by atoms with van der Waals surface area (Å²) in [6, 6.07) is 15.1. The Labute approximate surface area is 199 Å². The molecule has 0 unspecified atom stereocenters. The van der Waals surface area contributed by atoms with Gasteiger partial charge in [0.2, 0.25) is 11.9 Å². The molecular weight excluding hydrogens is 455 g/mol. The van der Waals surface area contributed by atoms with Crippen molar-refractivity contribution in [2.45, 2.75) is 12.8 Å². The molecule has 0 radical (unpaired) electrons. The van der Waals surface area contributed by atoms with Gasteiger partial charge in [-0.05, 0) is 54.6 Å². The van der Waals surface area contributed by atoms with Crippen LogP contribution in [0.15, 0.2) is 64.8 Å². The van der Waals surface area contributed by atoms with Crippen LogP contribution < -0.4 is 20.5 Å². The number of methoxy groups -OCH3 is 1. The summed E-state index contributed by atoms with van der Waals surface area (Å²) in [6.07, 6.45) is 1.19. The molecule has 1 aliphatic rings. The lowest BCUT2D eigenvalue weighted by atomic mass is 9.96. The van der Waals surface area contributed by atoms with Gasteiger partial charge in [0.1, 0.15) is 16.3 Å². The number of nitrogens with zero attached hydrogens (tertiary/aromatic N) is 3. The third-order valence-corrected chi connectivity index (χ3v) is 6.91. The second-order valence-electron chi connectivity index (χ2n) is 8.15. The van der Waals surface area contributed by atoms with Gasteiger partial charge in [0.25, 0.3) is 5.56 Å². The van der Waals surface area contributed by atoms with Crippen LogP contribution in [-0.2, 0) is 4.79 Å². The van der Waals surface area contributed by atoms with Crippen LogP contribution in [0, 0.1) is 11.7 Å². The van der Waals surface area contributed by atoms with Gasteiger partial charge in [0.05, 0.1) is 18.3 Å². The van der Waals surface area contributed by atoms with Gasteiger partial charge in [-0.25, -0.2) is 13.9 Å². The zero-order valence-corrected chi connectivity index (χ0v) is 19.3. The van der Waals surface area contributed by atoms with Gasteiger partial charge in [0, 0.05) is 30.8 Å². The van der Waals surface area contributed by atoms with Crippen LogP contribution in [0.25, 0.3) is 15.9 Å². The average molecular weight is 479 g/mol. The predicted molar refractivity (Wildman–Crippen MR) is 132 cm³/mol. The van der Waals surface area contributed by atoms with Gasteiger partial charge < -0.3 is 15.0 Å². The number of amides is 1. The van der Waals surface area contributed by atoms with Crippen LogP contribution in [0.4, 0.5) is 16.0 Å². The Hall–Kier alpha value is -3.72. The molecule has 1 saturated heterocycles. The zero-order valence-electron chi connectivity index (χ0n) is 18.5. The van der Waals surface area contributed by atoms with Crippen molar-refractivity contribution in [3.63, 3.8) is 0 Å². The van der Waals surface area contributed by atoms with Gasteiger partial charge >= 0.3 is 0 Å². The summed E-state index contributed by atoms with van der Waals surface area (Å²) in [5.74, 6) is 0.471. The first-order valence-corrected chi connectivity index (χ1v) is 11.9. The van der Waals surface area contributed by atoms with Crippen LogP contribution >= 0.6 is 11.3 Å². The largest absolute Gasteiger partial charge is 0.497 e. The summed E-state index contributed by atoms with van der Waals surface area (Å²) in [4.78, 5) is 33.0. The van der Waals surface area contributed by atoms with E-state index in [2.05, 4.69) is 5.32 Å². The molecular formula is C25H23FN4O3S. The minimum Gasteiger partial charge on any atom is -0.497 e. The number of hydrogen-bond donors (Lipinski definition) is 1. The molecule has 2 aromatic carbocycles. The number of nitrogens with one attached hydrogen (secondary N) is 1. The fourth-order valence-electron chi connectivity index (χ4n) is 4.25. The van der Waals surface area contributed by atoms with Gasteiger partial charge in [-0.3, -0.25) is 9.59 Å². The number of halogens is 1. The first kappa shape index (κ1) is 22.1. The molecule has 4 aromatic rings. The van der Waals surface area contributed by atoms with Crippen molar-refractivity contribution in [1.82, 2.24) is 9.55 Å². The predicted octanol–water partition coefficient (Wildman–Crippen LogP) is 4.45. The number of piperidine rings is 1. The molecule has 5 rings (SSSR count). The molecule has 1 aliphatic heterocycles. The summed E-state index contributed by atoms with van der Waals surface area (Å²) >= 11 is 1.37. The quantitative estimate of drug-likeness (QED) is 0.459. The Morgan fingerprint density at radius 3 is 2.71 bits per heavy atom. The topological polar surface area (TPSA) is 76.5 Å². The SMILES string of the molecule is COc1cccc(-n2c(N3CCC(C(=O)Nc4cccc(F)c4)CC3)nc3ccsc3c2=O)c1. The molecule has 3 heterocycles. The number of thiophene rings is 1. The van der Waals surface area contributed by atoms with Crippen LogP contribution in [0.5, 0.6) is 5.75 Å². The zero-order chi connectivity index (χ0) is 23.7. The smallest absolute Gasteiger partial charge is 0.277 e. The highest BCUT2D eigenvalue weighted by atomic mass is 32.1. The fourth-order valence-corrected chi connectivity index (χ4v) is 5.01. The van der Waals surface area contributed by atoms with Crippen LogP contribution in [0.3, 0.4) is 0 Å². The second-order valence-corrected chi connectivity index (χ2v) is 9.07. The summed E-state index contributed by atoms with van der Waals surface area (Å²) < 4.78 is 21.0. The Morgan fingerprint density at radius 2 is 1.94 bits per heavy atom. The van der Waals surface area contributed by atoms with Crippen molar-refractivity contribution >= 4 is 39.1 Å². The van der Waals surface area contributed by atoms with Crippen LogP contribution in [-0.4, -0.2) is 35.7 Å². The van der Waals surface area contributed by atoms with E-state index in [0.717, 1.165) is 0 Å². The van der Waals surface area contributed by atoms with E-state index in [4.69, 9.17) is 9.72 Å². The third-order valence-electron chi connectivity index (χ3n) is 6.01. The number of anilines is 2. The van der Waals surface area contributed by atoms with E-state index in [9.17, 15) is 14.0 Å². The molecule has 2 aromatic heterocycles. The maximum absolute atomic E-state index is 13.4. The van der Waals surface area contributed by atoms with E-state index in [1.807, 2.05) is 40.6 Å². The van der Waals surface area contributed by atoms with E-state index >= 15 is 0 Å². The molecule has 1 amide bonds. The molecule has 0 atom stereocenters. The average Bonchev–Trinajstić information content (AvgIpc) is 3.33. The molecule has 0 aliphatic carbocycles. The van der Waals surface area contributed by atoms with Crippen molar-refractivity contribution < 1.29 is 13.9 Å². The number of carbonyl (C=O) groups is 1. The van der Waals surface area contributed by atoms with E-state index in [0.29, 0.717) is 59.2 Å². The van der Waals surface area contributed by atoms with Gasteiger partial charge in [-0.1, -0.05) is 12.1 Å². The molecule has 7 nitrogen and oxygen atoms in total. The maximum Gasteiger partial charge on any atom is 0.277 e. The lowest BCUT2D eigenvalue weighted by Crippen LogP contribution is -2.41. The van der Waals surface area contributed by atoms with E-state index in [-0.39, 0.29) is 17.4 Å². The minimum absolute atomic E-state index is 0.128. The van der Waals surface area contributed by atoms with Gasteiger partial charge in [-0.15, -0.1) is 11.3 Å². The number of benzene rings is 2. The van der Waals surface area contributed by atoms with Crippen molar-refractivity contribution in [1.29, 1.82) is 0 Å². The summed E-state index contributed by atoms with van der Waals surface area (Å²) in [6.45, 7) is 1.13.